The van der Waals surface area contributed by atoms with Gasteiger partial charge in [-0.2, -0.15) is 5.26 Å². The van der Waals surface area contributed by atoms with Crippen molar-refractivity contribution in [2.45, 2.75) is 19.1 Å². The van der Waals surface area contributed by atoms with E-state index in [4.69, 9.17) is 16.1 Å². The molecule has 2 unspecified atom stereocenters. The van der Waals surface area contributed by atoms with Crippen LogP contribution in [0.15, 0.2) is 12.3 Å². The highest BCUT2D eigenvalue weighted by molar-refractivity contribution is 5.44. The molecule has 1 rings (SSSR count). The van der Waals surface area contributed by atoms with E-state index >= 15 is 0 Å². The highest BCUT2D eigenvalue weighted by Gasteiger charge is 2.19. The summed E-state index contributed by atoms with van der Waals surface area (Å²) >= 11 is 0. The predicted molar refractivity (Wildman–Crippen MR) is 50.0 cm³/mol. The first-order valence-electron chi connectivity index (χ1n) is 4.04. The van der Waals surface area contributed by atoms with Crippen molar-refractivity contribution in [2.75, 3.05) is 5.73 Å². The van der Waals surface area contributed by atoms with Crippen molar-refractivity contribution < 1.29 is 10.2 Å². The van der Waals surface area contributed by atoms with Gasteiger partial charge in [-0.1, -0.05) is 0 Å². The van der Waals surface area contributed by atoms with Crippen molar-refractivity contribution in [3.63, 3.8) is 0 Å². The third-order valence-corrected chi connectivity index (χ3v) is 1.91. The number of hydrogen-bond acceptors (Lipinski definition) is 5. The molecule has 0 spiro atoms. The van der Waals surface area contributed by atoms with E-state index < -0.39 is 12.2 Å². The van der Waals surface area contributed by atoms with Crippen LogP contribution in [0, 0.1) is 18.3 Å². The molecule has 1 aromatic rings. The fourth-order valence-corrected chi connectivity index (χ4v) is 0.982. The van der Waals surface area contributed by atoms with Crippen molar-refractivity contribution in [2.24, 2.45) is 0 Å². The number of aryl methyl sites for hydroxylation is 1. The van der Waals surface area contributed by atoms with Gasteiger partial charge in [0, 0.05) is 0 Å². The monoisotopic (exact) mass is 193 g/mol. The molecule has 0 bridgehead atoms. The highest BCUT2D eigenvalue weighted by Crippen LogP contribution is 2.18. The third-order valence-electron chi connectivity index (χ3n) is 1.91. The molecule has 0 amide bonds. The second-order valence-electron chi connectivity index (χ2n) is 2.98. The van der Waals surface area contributed by atoms with Gasteiger partial charge in [0.1, 0.15) is 6.10 Å². The summed E-state index contributed by atoms with van der Waals surface area (Å²) < 4.78 is 0. The van der Waals surface area contributed by atoms with E-state index in [0.717, 1.165) is 5.56 Å². The zero-order valence-corrected chi connectivity index (χ0v) is 7.68. The third kappa shape index (κ3) is 1.99. The van der Waals surface area contributed by atoms with E-state index in [-0.39, 0.29) is 5.69 Å². The first kappa shape index (κ1) is 10.4. The van der Waals surface area contributed by atoms with E-state index in [0.29, 0.717) is 5.69 Å². The topological polar surface area (TPSA) is 103 Å². The normalized spacial score (nSPS) is 14.4. The molecule has 0 aliphatic rings. The largest absolute Gasteiger partial charge is 0.397 e. The maximum atomic E-state index is 9.43. The van der Waals surface area contributed by atoms with Crippen molar-refractivity contribution in [1.29, 1.82) is 5.26 Å². The number of aliphatic hydroxyl groups is 2. The maximum absolute atomic E-state index is 9.43. The summed E-state index contributed by atoms with van der Waals surface area (Å²) in [6.45, 7) is 1.76. The Morgan fingerprint density at radius 2 is 2.21 bits per heavy atom. The summed E-state index contributed by atoms with van der Waals surface area (Å²) in [6.07, 6.45) is -1.37. The van der Waals surface area contributed by atoms with Gasteiger partial charge in [-0.25, -0.2) is 0 Å². The lowest BCUT2D eigenvalue weighted by molar-refractivity contribution is 0.0498. The minimum absolute atomic E-state index is 0.241. The Bertz CT molecular complexity index is 373. The first-order chi connectivity index (χ1) is 6.56. The van der Waals surface area contributed by atoms with Crippen LogP contribution in [-0.2, 0) is 0 Å². The Morgan fingerprint density at radius 3 is 2.71 bits per heavy atom. The van der Waals surface area contributed by atoms with Gasteiger partial charge in [0.2, 0.25) is 0 Å². The fourth-order valence-electron chi connectivity index (χ4n) is 0.982. The predicted octanol–water partition coefficient (Wildman–Crippen LogP) is -0.110. The van der Waals surface area contributed by atoms with Crippen molar-refractivity contribution >= 4 is 5.69 Å². The molecular weight excluding hydrogens is 182 g/mol. The molecule has 0 saturated heterocycles. The second-order valence-corrected chi connectivity index (χ2v) is 2.98. The molecule has 0 aliphatic heterocycles. The highest BCUT2D eigenvalue weighted by atomic mass is 16.3. The number of rotatable bonds is 2. The quantitative estimate of drug-likeness (QED) is 0.568. The first-order valence-corrected chi connectivity index (χ1v) is 4.04. The number of nitrogens with zero attached hydrogens (tertiary/aromatic N) is 2. The SMILES string of the molecule is Cc1cc(C(O)C(O)C#N)ncc1N. The average molecular weight is 193 g/mol. The van der Waals surface area contributed by atoms with Crippen LogP contribution in [0.5, 0.6) is 0 Å². The smallest absolute Gasteiger partial charge is 0.171 e. The minimum Gasteiger partial charge on any atom is -0.397 e. The molecule has 14 heavy (non-hydrogen) atoms. The molecule has 0 radical (unpaired) electrons. The van der Waals surface area contributed by atoms with Gasteiger partial charge >= 0.3 is 0 Å². The number of hydrogen-bond donors (Lipinski definition) is 3. The van der Waals surface area contributed by atoms with Crippen molar-refractivity contribution in [3.8, 4) is 6.07 Å². The summed E-state index contributed by atoms with van der Waals surface area (Å²) in [4.78, 5) is 3.82. The Labute approximate surface area is 81.4 Å². The molecule has 0 saturated carbocycles. The lowest BCUT2D eigenvalue weighted by atomic mass is 10.1. The van der Waals surface area contributed by atoms with Gasteiger partial charge < -0.3 is 15.9 Å². The van der Waals surface area contributed by atoms with Crippen molar-refractivity contribution in [3.05, 3.63) is 23.5 Å². The maximum Gasteiger partial charge on any atom is 0.171 e. The summed E-state index contributed by atoms with van der Waals surface area (Å²) in [5.41, 5.74) is 7.02. The van der Waals surface area contributed by atoms with E-state index in [1.54, 1.807) is 13.0 Å². The number of pyridine rings is 1. The van der Waals surface area contributed by atoms with Gasteiger partial charge in [-0.3, -0.25) is 4.98 Å². The number of anilines is 1. The Kier molecular flexibility index (Phi) is 3.02. The Morgan fingerprint density at radius 1 is 1.57 bits per heavy atom. The van der Waals surface area contributed by atoms with Crippen LogP contribution in [0.1, 0.15) is 17.4 Å². The van der Waals surface area contributed by atoms with Crippen LogP contribution >= 0.6 is 0 Å². The molecule has 1 aromatic heterocycles. The molecule has 2 atom stereocenters. The second kappa shape index (κ2) is 4.05. The zero-order valence-electron chi connectivity index (χ0n) is 7.68. The van der Waals surface area contributed by atoms with Gasteiger partial charge in [-0.05, 0) is 18.6 Å². The number of nitriles is 1. The standard InChI is InChI=1S/C9H11N3O2/c1-5-2-7(12-4-6(5)11)9(14)8(13)3-10/h2,4,8-9,13-14H,11H2,1H3. The van der Waals surface area contributed by atoms with Gasteiger partial charge in [-0.15, -0.1) is 0 Å². The van der Waals surface area contributed by atoms with Crippen LogP contribution in [0.3, 0.4) is 0 Å². The Hall–Kier alpha value is -1.64. The van der Waals surface area contributed by atoms with Crippen LogP contribution in [0.25, 0.3) is 0 Å². The average Bonchev–Trinajstić information content (AvgIpc) is 2.20. The molecule has 0 fully saturated rings. The van der Waals surface area contributed by atoms with Crippen LogP contribution in [0.4, 0.5) is 5.69 Å². The number of aliphatic hydroxyl groups excluding tert-OH is 2. The number of nitrogen functional groups attached to an aromatic ring is 1. The summed E-state index contributed by atoms with van der Waals surface area (Å²) in [6, 6.07) is 3.07. The molecular formula is C9H11N3O2. The van der Waals surface area contributed by atoms with Crippen LogP contribution in [-0.4, -0.2) is 21.3 Å². The van der Waals surface area contributed by atoms with Crippen molar-refractivity contribution in [1.82, 2.24) is 4.98 Å². The summed E-state index contributed by atoms with van der Waals surface area (Å²) in [5.74, 6) is 0. The van der Waals surface area contributed by atoms with E-state index in [1.165, 1.54) is 12.3 Å². The van der Waals surface area contributed by atoms with E-state index in [9.17, 15) is 5.11 Å². The van der Waals surface area contributed by atoms with E-state index in [1.807, 2.05) is 0 Å². The fraction of sp³-hybridized carbons (Fsp3) is 0.333. The lowest BCUT2D eigenvalue weighted by Crippen LogP contribution is -2.17. The number of aromatic nitrogens is 1. The Balaban J connectivity index is 2.98. The summed E-state index contributed by atoms with van der Waals surface area (Å²) in [7, 11) is 0. The molecule has 0 aromatic carbocycles. The van der Waals surface area contributed by atoms with Gasteiger partial charge in [0.15, 0.2) is 6.10 Å². The number of nitrogens with two attached hydrogens (primary N) is 1. The van der Waals surface area contributed by atoms with Crippen LogP contribution < -0.4 is 5.73 Å². The molecule has 4 N–H and O–H groups in total. The molecule has 0 aliphatic carbocycles. The molecule has 74 valence electrons. The van der Waals surface area contributed by atoms with E-state index in [2.05, 4.69) is 4.98 Å². The lowest BCUT2D eigenvalue weighted by Gasteiger charge is -2.11. The molecule has 1 heterocycles. The van der Waals surface area contributed by atoms with Gasteiger partial charge in [0.05, 0.1) is 23.6 Å². The van der Waals surface area contributed by atoms with Gasteiger partial charge in [0.25, 0.3) is 0 Å². The minimum atomic E-state index is -1.47. The molecule has 5 heteroatoms. The molecule has 5 nitrogen and oxygen atoms in total. The van der Waals surface area contributed by atoms with Crippen LogP contribution in [0.2, 0.25) is 0 Å². The summed E-state index contributed by atoms with van der Waals surface area (Å²) in [5, 5.41) is 26.9. The zero-order chi connectivity index (χ0) is 10.7.